The number of carbonyl (C=O) groups is 1. The van der Waals surface area contributed by atoms with E-state index in [1.54, 1.807) is 0 Å². The second kappa shape index (κ2) is 6.20. The number of rotatable bonds is 6. The van der Waals surface area contributed by atoms with Crippen molar-refractivity contribution >= 4 is 22.4 Å². The van der Waals surface area contributed by atoms with Crippen LogP contribution in [0, 0.1) is 19.8 Å². The van der Waals surface area contributed by atoms with Crippen molar-refractivity contribution in [1.82, 2.24) is 14.8 Å². The molecule has 2 aromatic rings. The fourth-order valence-electron chi connectivity index (χ4n) is 2.56. The van der Waals surface area contributed by atoms with Crippen LogP contribution in [-0.4, -0.2) is 20.7 Å². The number of amides is 1. The molecule has 6 heteroatoms. The Morgan fingerprint density at radius 1 is 1.45 bits per heavy atom. The Morgan fingerprint density at radius 3 is 2.86 bits per heavy atom. The smallest absolute Gasteiger partial charge is 0.230 e. The van der Waals surface area contributed by atoms with Crippen LogP contribution in [0.1, 0.15) is 42.4 Å². The number of hydrogen-bond donors (Lipinski definition) is 1. The lowest BCUT2D eigenvalue weighted by Gasteiger charge is -2.05. The Balaban J connectivity index is 1.66. The van der Waals surface area contributed by atoms with E-state index < -0.39 is 0 Å². The van der Waals surface area contributed by atoms with Crippen molar-refractivity contribution in [3.05, 3.63) is 28.0 Å². The quantitative estimate of drug-likeness (QED) is 0.890. The molecule has 1 N–H and O–H groups in total. The maximum atomic E-state index is 12.2. The molecule has 1 saturated carbocycles. The Hall–Kier alpha value is -1.69. The Labute approximate surface area is 134 Å². The highest BCUT2D eigenvalue weighted by Gasteiger charge is 2.24. The van der Waals surface area contributed by atoms with E-state index in [0.717, 1.165) is 41.5 Å². The minimum Gasteiger partial charge on any atom is -0.302 e. The van der Waals surface area contributed by atoms with Crippen LogP contribution in [0.2, 0.25) is 0 Å². The van der Waals surface area contributed by atoms with Crippen molar-refractivity contribution in [2.45, 2.75) is 53.0 Å². The first-order valence-electron chi connectivity index (χ1n) is 7.84. The van der Waals surface area contributed by atoms with E-state index in [4.69, 9.17) is 0 Å². The first-order chi connectivity index (χ1) is 10.6. The summed E-state index contributed by atoms with van der Waals surface area (Å²) >= 11 is 1.48. The molecule has 1 amide bonds. The van der Waals surface area contributed by atoms with Crippen LogP contribution in [0.3, 0.4) is 0 Å². The molecule has 5 nitrogen and oxygen atoms in total. The van der Waals surface area contributed by atoms with Gasteiger partial charge in [0.1, 0.15) is 0 Å². The number of hydrogen-bond acceptors (Lipinski definition) is 4. The third-order valence-corrected chi connectivity index (χ3v) is 4.96. The second-order valence-electron chi connectivity index (χ2n) is 6.00. The second-order valence-corrected chi connectivity index (χ2v) is 6.86. The Kier molecular flexibility index (Phi) is 4.29. The van der Waals surface area contributed by atoms with E-state index in [9.17, 15) is 4.79 Å². The topological polar surface area (TPSA) is 59.8 Å². The average Bonchev–Trinajstić information content (AvgIpc) is 3.13. The van der Waals surface area contributed by atoms with Crippen molar-refractivity contribution in [3.8, 4) is 0 Å². The maximum Gasteiger partial charge on any atom is 0.230 e. The molecule has 0 atom stereocenters. The van der Waals surface area contributed by atoms with Crippen molar-refractivity contribution in [2.75, 3.05) is 5.32 Å². The average molecular weight is 318 g/mol. The standard InChI is InChI=1S/C16H22N4OS/c1-4-13-9-22-16(17-13)18-15(21)7-14-10(2)19-20(11(14)3)8-12-5-6-12/h9,12H,4-8H2,1-3H3,(H,17,18,21). The maximum absolute atomic E-state index is 12.2. The van der Waals surface area contributed by atoms with Crippen LogP contribution in [0.4, 0.5) is 5.13 Å². The van der Waals surface area contributed by atoms with Crippen molar-refractivity contribution < 1.29 is 4.79 Å². The van der Waals surface area contributed by atoms with Crippen LogP contribution in [0.15, 0.2) is 5.38 Å². The summed E-state index contributed by atoms with van der Waals surface area (Å²) in [6.07, 6.45) is 3.86. The fourth-order valence-corrected chi connectivity index (χ4v) is 3.37. The van der Waals surface area contributed by atoms with Gasteiger partial charge in [0.2, 0.25) is 5.91 Å². The van der Waals surface area contributed by atoms with Gasteiger partial charge in [-0.05, 0) is 39.0 Å². The summed E-state index contributed by atoms with van der Waals surface area (Å²) in [4.78, 5) is 16.6. The highest BCUT2D eigenvalue weighted by molar-refractivity contribution is 7.13. The summed E-state index contributed by atoms with van der Waals surface area (Å²) in [6, 6.07) is 0. The third kappa shape index (κ3) is 3.38. The summed E-state index contributed by atoms with van der Waals surface area (Å²) in [7, 11) is 0. The fraction of sp³-hybridized carbons (Fsp3) is 0.562. The van der Waals surface area contributed by atoms with E-state index in [0.29, 0.717) is 11.6 Å². The zero-order valence-corrected chi connectivity index (χ0v) is 14.2. The number of nitrogens with zero attached hydrogens (tertiary/aromatic N) is 3. The van der Waals surface area contributed by atoms with Gasteiger partial charge in [-0.25, -0.2) is 4.98 Å². The van der Waals surface area contributed by atoms with Crippen molar-refractivity contribution in [2.24, 2.45) is 5.92 Å². The van der Waals surface area contributed by atoms with Gasteiger partial charge >= 0.3 is 0 Å². The molecule has 0 spiro atoms. The predicted octanol–water partition coefficient (Wildman–Crippen LogP) is 3.11. The molecule has 0 unspecified atom stereocenters. The van der Waals surface area contributed by atoms with Crippen LogP contribution in [0.5, 0.6) is 0 Å². The van der Waals surface area contributed by atoms with E-state index in [2.05, 4.69) is 33.9 Å². The molecule has 1 fully saturated rings. The lowest BCUT2D eigenvalue weighted by Crippen LogP contribution is -2.15. The molecular formula is C16H22N4OS. The molecule has 118 valence electrons. The summed E-state index contributed by atoms with van der Waals surface area (Å²) < 4.78 is 2.06. The summed E-state index contributed by atoms with van der Waals surface area (Å²) in [5.74, 6) is 0.761. The molecule has 3 rings (SSSR count). The monoisotopic (exact) mass is 318 g/mol. The highest BCUT2D eigenvalue weighted by Crippen LogP contribution is 2.31. The summed E-state index contributed by atoms with van der Waals surface area (Å²) in [5, 5.41) is 10.2. The normalized spacial score (nSPS) is 14.3. The zero-order chi connectivity index (χ0) is 15.7. The molecule has 2 heterocycles. The number of thiazole rings is 1. The van der Waals surface area contributed by atoms with E-state index in [1.807, 2.05) is 12.3 Å². The molecule has 0 aromatic carbocycles. The third-order valence-electron chi connectivity index (χ3n) is 4.16. The van der Waals surface area contributed by atoms with Crippen LogP contribution < -0.4 is 5.32 Å². The molecule has 0 aliphatic heterocycles. The molecule has 1 aliphatic rings. The van der Waals surface area contributed by atoms with Crippen molar-refractivity contribution in [1.29, 1.82) is 0 Å². The Bertz CT molecular complexity index is 684. The predicted molar refractivity (Wildman–Crippen MR) is 88.3 cm³/mol. The van der Waals surface area contributed by atoms with Gasteiger partial charge in [-0.2, -0.15) is 5.10 Å². The van der Waals surface area contributed by atoms with Gasteiger partial charge in [-0.15, -0.1) is 11.3 Å². The number of carbonyl (C=O) groups excluding carboxylic acids is 1. The number of nitrogens with one attached hydrogen (secondary N) is 1. The van der Waals surface area contributed by atoms with Crippen LogP contribution >= 0.6 is 11.3 Å². The SMILES string of the molecule is CCc1csc(NC(=O)Cc2c(C)nn(CC3CC3)c2C)n1. The van der Waals surface area contributed by atoms with Crippen molar-refractivity contribution in [3.63, 3.8) is 0 Å². The first-order valence-corrected chi connectivity index (χ1v) is 8.72. The molecule has 1 aliphatic carbocycles. The molecular weight excluding hydrogens is 296 g/mol. The van der Waals surface area contributed by atoms with Gasteiger partial charge in [-0.1, -0.05) is 6.92 Å². The zero-order valence-electron chi connectivity index (χ0n) is 13.3. The highest BCUT2D eigenvalue weighted by atomic mass is 32.1. The van der Waals surface area contributed by atoms with Gasteiger partial charge in [-0.3, -0.25) is 9.48 Å². The number of aromatic nitrogens is 3. The van der Waals surface area contributed by atoms with Gasteiger partial charge in [0.05, 0.1) is 17.8 Å². The lowest BCUT2D eigenvalue weighted by atomic mass is 10.1. The number of anilines is 1. The lowest BCUT2D eigenvalue weighted by molar-refractivity contribution is -0.115. The molecule has 22 heavy (non-hydrogen) atoms. The molecule has 2 aromatic heterocycles. The summed E-state index contributed by atoms with van der Waals surface area (Å²) in [6.45, 7) is 7.09. The summed E-state index contributed by atoms with van der Waals surface area (Å²) in [5.41, 5.74) is 4.14. The van der Waals surface area contributed by atoms with Gasteiger partial charge in [0.25, 0.3) is 0 Å². The minimum atomic E-state index is -0.0193. The van der Waals surface area contributed by atoms with Gasteiger partial charge in [0.15, 0.2) is 5.13 Å². The Morgan fingerprint density at radius 2 is 2.23 bits per heavy atom. The first kappa shape index (κ1) is 15.2. The minimum absolute atomic E-state index is 0.0193. The number of aryl methyl sites for hydroxylation is 2. The molecule has 0 radical (unpaired) electrons. The van der Waals surface area contributed by atoms with Gasteiger partial charge < -0.3 is 5.32 Å². The van der Waals surface area contributed by atoms with Gasteiger partial charge in [0, 0.05) is 23.2 Å². The molecule has 0 saturated heterocycles. The van der Waals surface area contributed by atoms with E-state index >= 15 is 0 Å². The largest absolute Gasteiger partial charge is 0.302 e. The van der Waals surface area contributed by atoms with E-state index in [-0.39, 0.29) is 5.91 Å². The van der Waals surface area contributed by atoms with Crippen LogP contribution in [0.25, 0.3) is 0 Å². The van der Waals surface area contributed by atoms with Crippen LogP contribution in [-0.2, 0) is 24.2 Å². The van der Waals surface area contributed by atoms with E-state index in [1.165, 1.54) is 24.2 Å². The molecule has 0 bridgehead atoms.